The van der Waals surface area contributed by atoms with Crippen molar-refractivity contribution in [3.8, 4) is 0 Å². The molecule has 16 heavy (non-hydrogen) atoms. The summed E-state index contributed by atoms with van der Waals surface area (Å²) in [5, 5.41) is 0. The fourth-order valence-corrected chi connectivity index (χ4v) is 1.44. The number of hydrogen-bond acceptors (Lipinski definition) is 2. The summed E-state index contributed by atoms with van der Waals surface area (Å²) in [7, 11) is 0. The smallest absolute Gasteiger partial charge is 0.418 e. The van der Waals surface area contributed by atoms with Gasteiger partial charge < -0.3 is 4.42 Å². The van der Waals surface area contributed by atoms with E-state index in [-0.39, 0.29) is 17.0 Å². The first-order chi connectivity index (χ1) is 7.39. The van der Waals surface area contributed by atoms with Crippen molar-refractivity contribution in [2.45, 2.75) is 25.9 Å². The van der Waals surface area contributed by atoms with E-state index >= 15 is 0 Å². The van der Waals surface area contributed by atoms with Crippen molar-refractivity contribution in [2.75, 3.05) is 0 Å². The minimum atomic E-state index is -4.40. The SMILES string of the molecule is CC(C)c1nc2c(C(F)(F)F)cccc2o1. The standard InChI is InChI=1S/C11H10F3NO/c1-6(2)10-15-9-7(11(12,13)14)4-3-5-8(9)16-10/h3-6H,1-2H3. The van der Waals surface area contributed by atoms with Crippen LogP contribution in [0.25, 0.3) is 11.1 Å². The molecule has 0 saturated heterocycles. The molecule has 0 bridgehead atoms. The van der Waals surface area contributed by atoms with Gasteiger partial charge in [-0.3, -0.25) is 0 Å². The molecule has 0 aliphatic rings. The molecule has 0 saturated carbocycles. The summed E-state index contributed by atoms with van der Waals surface area (Å²) in [5.41, 5.74) is -0.683. The van der Waals surface area contributed by atoms with Crippen molar-refractivity contribution >= 4 is 11.1 Å². The van der Waals surface area contributed by atoms with Gasteiger partial charge in [-0.15, -0.1) is 0 Å². The molecule has 1 aromatic carbocycles. The minimum Gasteiger partial charge on any atom is -0.440 e. The average Bonchev–Trinajstić information content (AvgIpc) is 2.58. The molecule has 5 heteroatoms. The van der Waals surface area contributed by atoms with E-state index in [0.29, 0.717) is 5.89 Å². The summed E-state index contributed by atoms with van der Waals surface area (Å²) in [6.45, 7) is 3.63. The predicted molar refractivity (Wildman–Crippen MR) is 53.1 cm³/mol. The fraction of sp³-hybridized carbons (Fsp3) is 0.364. The van der Waals surface area contributed by atoms with Gasteiger partial charge in [0.2, 0.25) is 0 Å². The number of fused-ring (bicyclic) bond motifs is 1. The molecule has 0 aliphatic carbocycles. The molecular formula is C11H10F3NO. The zero-order valence-electron chi connectivity index (χ0n) is 8.80. The van der Waals surface area contributed by atoms with Crippen LogP contribution < -0.4 is 0 Å². The van der Waals surface area contributed by atoms with Crippen molar-refractivity contribution in [3.05, 3.63) is 29.7 Å². The highest BCUT2D eigenvalue weighted by Gasteiger charge is 2.34. The third-order valence-corrected chi connectivity index (χ3v) is 2.23. The molecule has 0 radical (unpaired) electrons. The molecular weight excluding hydrogens is 219 g/mol. The molecule has 2 aromatic rings. The molecule has 0 atom stereocenters. The third-order valence-electron chi connectivity index (χ3n) is 2.23. The van der Waals surface area contributed by atoms with Gasteiger partial charge in [0.05, 0.1) is 5.56 Å². The number of benzene rings is 1. The van der Waals surface area contributed by atoms with Crippen LogP contribution in [0.2, 0.25) is 0 Å². The Kier molecular flexibility index (Phi) is 2.40. The Morgan fingerprint density at radius 3 is 2.50 bits per heavy atom. The monoisotopic (exact) mass is 229 g/mol. The van der Waals surface area contributed by atoms with Crippen LogP contribution >= 0.6 is 0 Å². The van der Waals surface area contributed by atoms with E-state index in [4.69, 9.17) is 4.42 Å². The lowest BCUT2D eigenvalue weighted by atomic mass is 10.2. The van der Waals surface area contributed by atoms with E-state index in [2.05, 4.69) is 4.98 Å². The number of halogens is 3. The highest BCUT2D eigenvalue weighted by atomic mass is 19.4. The summed E-state index contributed by atoms with van der Waals surface area (Å²) >= 11 is 0. The highest BCUT2D eigenvalue weighted by molar-refractivity contribution is 5.77. The number of hydrogen-bond donors (Lipinski definition) is 0. The molecule has 0 spiro atoms. The van der Waals surface area contributed by atoms with Crippen LogP contribution in [0, 0.1) is 0 Å². The van der Waals surface area contributed by atoms with Crippen LogP contribution in [0.15, 0.2) is 22.6 Å². The fourth-order valence-electron chi connectivity index (χ4n) is 1.44. The maximum absolute atomic E-state index is 12.6. The van der Waals surface area contributed by atoms with Crippen molar-refractivity contribution in [2.24, 2.45) is 0 Å². The van der Waals surface area contributed by atoms with E-state index < -0.39 is 11.7 Å². The molecule has 1 aromatic heterocycles. The maximum atomic E-state index is 12.6. The van der Waals surface area contributed by atoms with Gasteiger partial charge >= 0.3 is 6.18 Å². The number of aromatic nitrogens is 1. The molecule has 0 N–H and O–H groups in total. The van der Waals surface area contributed by atoms with Crippen LogP contribution in [0.5, 0.6) is 0 Å². The van der Waals surface area contributed by atoms with Gasteiger partial charge in [0, 0.05) is 5.92 Å². The number of alkyl halides is 3. The molecule has 1 heterocycles. The van der Waals surface area contributed by atoms with Gasteiger partial charge in [0.1, 0.15) is 5.52 Å². The van der Waals surface area contributed by atoms with Gasteiger partial charge in [0.15, 0.2) is 11.5 Å². The molecule has 2 nitrogen and oxygen atoms in total. The molecule has 0 aliphatic heterocycles. The second kappa shape index (κ2) is 3.50. The Hall–Kier alpha value is -1.52. The predicted octanol–water partition coefficient (Wildman–Crippen LogP) is 3.97. The molecule has 2 rings (SSSR count). The highest BCUT2D eigenvalue weighted by Crippen LogP contribution is 2.35. The lowest BCUT2D eigenvalue weighted by molar-refractivity contribution is -0.136. The third kappa shape index (κ3) is 1.77. The Balaban J connectivity index is 2.68. The van der Waals surface area contributed by atoms with E-state index in [0.717, 1.165) is 6.07 Å². The van der Waals surface area contributed by atoms with Crippen LogP contribution in [-0.4, -0.2) is 4.98 Å². The average molecular weight is 229 g/mol. The van der Waals surface area contributed by atoms with Gasteiger partial charge in [0.25, 0.3) is 0 Å². The van der Waals surface area contributed by atoms with Crippen molar-refractivity contribution < 1.29 is 17.6 Å². The summed E-state index contributed by atoms with van der Waals surface area (Å²) in [6, 6.07) is 3.82. The number of para-hydroxylation sites is 1. The number of nitrogens with zero attached hydrogens (tertiary/aromatic N) is 1. The second-order valence-electron chi connectivity index (χ2n) is 3.86. The summed E-state index contributed by atoms with van der Waals surface area (Å²) in [5.74, 6) is 0.292. The zero-order valence-corrected chi connectivity index (χ0v) is 8.80. The largest absolute Gasteiger partial charge is 0.440 e. The first-order valence-electron chi connectivity index (χ1n) is 4.86. The van der Waals surface area contributed by atoms with E-state index in [1.165, 1.54) is 12.1 Å². The summed E-state index contributed by atoms with van der Waals surface area (Å²) < 4.78 is 43.2. The van der Waals surface area contributed by atoms with Crippen LogP contribution in [-0.2, 0) is 6.18 Å². The molecule has 86 valence electrons. The van der Waals surface area contributed by atoms with Crippen molar-refractivity contribution in [3.63, 3.8) is 0 Å². The van der Waals surface area contributed by atoms with E-state index in [9.17, 15) is 13.2 Å². The topological polar surface area (TPSA) is 26.0 Å². The number of oxazole rings is 1. The van der Waals surface area contributed by atoms with Gasteiger partial charge in [-0.25, -0.2) is 4.98 Å². The molecule has 0 unspecified atom stereocenters. The number of rotatable bonds is 1. The van der Waals surface area contributed by atoms with Crippen LogP contribution in [0.1, 0.15) is 31.2 Å². The van der Waals surface area contributed by atoms with Gasteiger partial charge in [-0.2, -0.15) is 13.2 Å². The lowest BCUT2D eigenvalue weighted by Gasteiger charge is -2.05. The van der Waals surface area contributed by atoms with Gasteiger partial charge in [-0.1, -0.05) is 19.9 Å². The molecule has 0 fully saturated rings. The first-order valence-corrected chi connectivity index (χ1v) is 4.86. The summed E-state index contributed by atoms with van der Waals surface area (Å²) in [6.07, 6.45) is -4.40. The van der Waals surface area contributed by atoms with Gasteiger partial charge in [-0.05, 0) is 12.1 Å². The lowest BCUT2D eigenvalue weighted by Crippen LogP contribution is -2.05. The quantitative estimate of drug-likeness (QED) is 0.739. The summed E-state index contributed by atoms with van der Waals surface area (Å²) in [4.78, 5) is 3.89. The minimum absolute atomic E-state index is 0.0338. The zero-order chi connectivity index (χ0) is 11.9. The van der Waals surface area contributed by atoms with Crippen molar-refractivity contribution in [1.29, 1.82) is 0 Å². The second-order valence-corrected chi connectivity index (χ2v) is 3.86. The molecule has 0 amide bonds. The van der Waals surface area contributed by atoms with E-state index in [1.54, 1.807) is 0 Å². The Labute approximate surface area is 90.1 Å². The first kappa shape index (κ1) is 11.0. The van der Waals surface area contributed by atoms with Crippen LogP contribution in [0.3, 0.4) is 0 Å². The Morgan fingerprint density at radius 1 is 1.25 bits per heavy atom. The Bertz CT molecular complexity index is 513. The maximum Gasteiger partial charge on any atom is 0.418 e. The normalized spacial score (nSPS) is 12.6. The van der Waals surface area contributed by atoms with E-state index in [1.807, 2.05) is 13.8 Å². The van der Waals surface area contributed by atoms with Crippen molar-refractivity contribution in [1.82, 2.24) is 4.98 Å². The Morgan fingerprint density at radius 2 is 1.94 bits per heavy atom. The van der Waals surface area contributed by atoms with Crippen LogP contribution in [0.4, 0.5) is 13.2 Å².